The fourth-order valence-corrected chi connectivity index (χ4v) is 3.72. The maximum Gasteiger partial charge on any atom is 0.270 e. The lowest BCUT2D eigenvalue weighted by atomic mass is 9.99. The molecular weight excluding hydrogens is 348 g/mol. The quantitative estimate of drug-likeness (QED) is 0.800. The van der Waals surface area contributed by atoms with Gasteiger partial charge in [-0.3, -0.25) is 9.48 Å². The molecule has 2 atom stereocenters. The van der Waals surface area contributed by atoms with Crippen molar-refractivity contribution in [1.82, 2.24) is 20.1 Å². The minimum absolute atomic E-state index is 0.0520. The van der Waals surface area contributed by atoms with Gasteiger partial charge in [-0.05, 0) is 26.7 Å². The SMILES string of the molecule is COCCn1nc2c(c1C(=O)NCc1ncoc1C1CC1)C[C@H](C)O[C@@H]2C. The predicted octanol–water partition coefficient (Wildman–Crippen LogP) is 2.35. The van der Waals surface area contributed by atoms with Gasteiger partial charge in [0.15, 0.2) is 6.39 Å². The molecule has 1 fully saturated rings. The third-order valence-electron chi connectivity index (χ3n) is 5.15. The average molecular weight is 374 g/mol. The molecule has 0 aromatic carbocycles. The maximum atomic E-state index is 13.1. The van der Waals surface area contributed by atoms with E-state index in [1.54, 1.807) is 11.8 Å². The van der Waals surface area contributed by atoms with Gasteiger partial charge in [0, 0.05) is 25.0 Å². The number of ether oxygens (including phenoxy) is 2. The van der Waals surface area contributed by atoms with Crippen molar-refractivity contribution in [3.63, 3.8) is 0 Å². The van der Waals surface area contributed by atoms with E-state index in [1.807, 2.05) is 13.8 Å². The Kier molecular flexibility index (Phi) is 5.01. The van der Waals surface area contributed by atoms with Crippen molar-refractivity contribution in [1.29, 1.82) is 0 Å². The lowest BCUT2D eigenvalue weighted by molar-refractivity contribution is -0.00716. The summed E-state index contributed by atoms with van der Waals surface area (Å²) in [5.41, 5.74) is 3.22. The molecule has 0 radical (unpaired) electrons. The Morgan fingerprint density at radius 1 is 1.41 bits per heavy atom. The number of nitrogens with zero attached hydrogens (tertiary/aromatic N) is 3. The van der Waals surface area contributed by atoms with E-state index in [0.717, 1.165) is 35.6 Å². The first-order valence-corrected chi connectivity index (χ1v) is 9.52. The zero-order chi connectivity index (χ0) is 19.0. The summed E-state index contributed by atoms with van der Waals surface area (Å²) in [4.78, 5) is 17.3. The highest BCUT2D eigenvalue weighted by atomic mass is 16.5. The molecule has 0 saturated heterocycles. The highest BCUT2D eigenvalue weighted by Crippen LogP contribution is 2.41. The second kappa shape index (κ2) is 7.44. The summed E-state index contributed by atoms with van der Waals surface area (Å²) in [5, 5.41) is 7.65. The van der Waals surface area contributed by atoms with Crippen molar-refractivity contribution in [3.05, 3.63) is 34.8 Å². The molecule has 3 heterocycles. The van der Waals surface area contributed by atoms with E-state index in [2.05, 4.69) is 15.4 Å². The Balaban J connectivity index is 1.57. The summed E-state index contributed by atoms with van der Waals surface area (Å²) in [6.07, 6.45) is 4.31. The third kappa shape index (κ3) is 3.64. The molecule has 0 bridgehead atoms. The molecule has 0 spiro atoms. The van der Waals surface area contributed by atoms with Gasteiger partial charge >= 0.3 is 0 Å². The van der Waals surface area contributed by atoms with Crippen LogP contribution in [0.5, 0.6) is 0 Å². The van der Waals surface area contributed by atoms with Crippen LogP contribution in [-0.2, 0) is 29.0 Å². The average Bonchev–Trinajstić information content (AvgIpc) is 3.25. The molecule has 1 N–H and O–H groups in total. The molecule has 146 valence electrons. The Hall–Kier alpha value is -2.19. The van der Waals surface area contributed by atoms with Crippen molar-refractivity contribution in [2.75, 3.05) is 13.7 Å². The van der Waals surface area contributed by atoms with Crippen molar-refractivity contribution in [2.45, 2.75) is 64.3 Å². The van der Waals surface area contributed by atoms with Gasteiger partial charge in [0.1, 0.15) is 17.1 Å². The first kappa shape index (κ1) is 18.2. The number of rotatable bonds is 7. The van der Waals surface area contributed by atoms with Crippen LogP contribution in [0.25, 0.3) is 0 Å². The highest BCUT2D eigenvalue weighted by Gasteiger charge is 2.33. The molecule has 8 heteroatoms. The lowest BCUT2D eigenvalue weighted by Crippen LogP contribution is -2.29. The standard InChI is InChI=1S/C19H26N4O4/c1-11-8-14-16(12(2)27-11)22-23(6-7-25-3)17(14)19(24)20-9-15-18(13-4-5-13)26-10-21-15/h10-13H,4-9H2,1-3H3,(H,20,24)/t11-,12+/m0/s1. The van der Waals surface area contributed by atoms with Gasteiger partial charge in [-0.1, -0.05) is 0 Å². The molecule has 8 nitrogen and oxygen atoms in total. The summed E-state index contributed by atoms with van der Waals surface area (Å²) in [7, 11) is 1.64. The molecule has 4 rings (SSSR count). The van der Waals surface area contributed by atoms with Crippen molar-refractivity contribution in [2.24, 2.45) is 0 Å². The molecule has 2 aromatic rings. The van der Waals surface area contributed by atoms with Crippen molar-refractivity contribution < 1.29 is 18.7 Å². The van der Waals surface area contributed by atoms with Gasteiger partial charge in [-0.15, -0.1) is 0 Å². The van der Waals surface area contributed by atoms with Crippen LogP contribution in [0, 0.1) is 0 Å². The van der Waals surface area contributed by atoms with Crippen molar-refractivity contribution >= 4 is 5.91 Å². The highest BCUT2D eigenvalue weighted by molar-refractivity contribution is 5.94. The van der Waals surface area contributed by atoms with Crippen LogP contribution >= 0.6 is 0 Å². The lowest BCUT2D eigenvalue weighted by Gasteiger charge is -2.24. The molecular formula is C19H26N4O4. The number of nitrogens with one attached hydrogen (secondary N) is 1. The number of carbonyl (C=O) groups is 1. The third-order valence-corrected chi connectivity index (χ3v) is 5.15. The Morgan fingerprint density at radius 2 is 2.22 bits per heavy atom. The van der Waals surface area contributed by atoms with E-state index in [-0.39, 0.29) is 18.1 Å². The summed E-state index contributed by atoms with van der Waals surface area (Å²) >= 11 is 0. The normalized spacial score (nSPS) is 21.9. The van der Waals surface area contributed by atoms with Gasteiger partial charge in [-0.2, -0.15) is 5.10 Å². The minimum Gasteiger partial charge on any atom is -0.448 e. The topological polar surface area (TPSA) is 91.4 Å². The predicted molar refractivity (Wildman–Crippen MR) is 96.4 cm³/mol. The van der Waals surface area contributed by atoms with Crippen LogP contribution in [0.2, 0.25) is 0 Å². The summed E-state index contributed by atoms with van der Waals surface area (Å²) < 4.78 is 18.3. The van der Waals surface area contributed by atoms with Gasteiger partial charge in [0.2, 0.25) is 0 Å². The number of hydrogen-bond donors (Lipinski definition) is 1. The van der Waals surface area contributed by atoms with E-state index < -0.39 is 0 Å². The second-order valence-corrected chi connectivity index (χ2v) is 7.34. The molecule has 2 aliphatic rings. The molecule has 1 aliphatic carbocycles. The van der Waals surface area contributed by atoms with E-state index in [1.165, 1.54) is 6.39 Å². The van der Waals surface area contributed by atoms with E-state index in [0.29, 0.717) is 37.7 Å². The Bertz CT molecular complexity index is 824. The number of aromatic nitrogens is 3. The van der Waals surface area contributed by atoms with Gasteiger partial charge in [-0.25, -0.2) is 4.98 Å². The van der Waals surface area contributed by atoms with Crippen LogP contribution in [0.1, 0.15) is 71.9 Å². The molecule has 0 unspecified atom stereocenters. The summed E-state index contributed by atoms with van der Waals surface area (Å²) in [5.74, 6) is 1.21. The molecule has 2 aromatic heterocycles. The number of amides is 1. The summed E-state index contributed by atoms with van der Waals surface area (Å²) in [6, 6.07) is 0. The second-order valence-electron chi connectivity index (χ2n) is 7.34. The van der Waals surface area contributed by atoms with Crippen molar-refractivity contribution in [3.8, 4) is 0 Å². The number of carbonyl (C=O) groups excluding carboxylic acids is 1. The number of oxazole rings is 1. The number of fused-ring (bicyclic) bond motifs is 1. The van der Waals surface area contributed by atoms with E-state index >= 15 is 0 Å². The Morgan fingerprint density at radius 3 is 2.96 bits per heavy atom. The minimum atomic E-state index is -0.147. The van der Waals surface area contributed by atoms with Gasteiger partial charge in [0.05, 0.1) is 37.6 Å². The van der Waals surface area contributed by atoms with E-state index in [9.17, 15) is 4.79 Å². The fourth-order valence-electron chi connectivity index (χ4n) is 3.72. The van der Waals surface area contributed by atoms with Gasteiger partial charge < -0.3 is 19.2 Å². The van der Waals surface area contributed by atoms with Gasteiger partial charge in [0.25, 0.3) is 5.91 Å². The molecule has 27 heavy (non-hydrogen) atoms. The Labute approximate surface area is 158 Å². The van der Waals surface area contributed by atoms with Crippen LogP contribution < -0.4 is 5.32 Å². The largest absolute Gasteiger partial charge is 0.448 e. The molecule has 1 amide bonds. The molecule has 1 aliphatic heterocycles. The van der Waals surface area contributed by atoms with E-state index in [4.69, 9.17) is 13.9 Å². The monoisotopic (exact) mass is 374 g/mol. The maximum absolute atomic E-state index is 13.1. The first-order valence-electron chi connectivity index (χ1n) is 9.52. The first-order chi connectivity index (χ1) is 13.1. The molecule has 1 saturated carbocycles. The van der Waals surface area contributed by atoms with Crippen LogP contribution in [0.3, 0.4) is 0 Å². The smallest absolute Gasteiger partial charge is 0.270 e. The number of methoxy groups -OCH3 is 1. The number of hydrogen-bond acceptors (Lipinski definition) is 6. The zero-order valence-electron chi connectivity index (χ0n) is 16.0. The van der Waals surface area contributed by atoms with Crippen LogP contribution in [0.15, 0.2) is 10.8 Å². The summed E-state index contributed by atoms with van der Waals surface area (Å²) in [6.45, 7) is 5.35. The van der Waals surface area contributed by atoms with Crippen LogP contribution in [-0.4, -0.2) is 40.5 Å². The zero-order valence-corrected chi connectivity index (χ0v) is 16.0. The van der Waals surface area contributed by atoms with Crippen LogP contribution in [0.4, 0.5) is 0 Å². The fraction of sp³-hybridized carbons (Fsp3) is 0.632.